The summed E-state index contributed by atoms with van der Waals surface area (Å²) in [5.41, 5.74) is 9.07. The molecule has 1 aliphatic rings. The molecule has 0 unspecified atom stereocenters. The monoisotopic (exact) mass is 347 g/mol. The fourth-order valence-electron chi connectivity index (χ4n) is 2.86. The minimum absolute atomic E-state index is 0.365. The Morgan fingerprint density at radius 3 is 2.92 bits per heavy atom. The number of hydrogen-bond acceptors (Lipinski definition) is 6. The first-order valence-corrected chi connectivity index (χ1v) is 8.47. The van der Waals surface area contributed by atoms with Crippen molar-refractivity contribution < 1.29 is 0 Å². The third kappa shape index (κ3) is 4.05. The molecule has 0 amide bonds. The highest BCUT2D eigenvalue weighted by molar-refractivity contribution is 6.04. The van der Waals surface area contributed by atoms with Crippen LogP contribution in [0.15, 0.2) is 41.5 Å². The second-order valence-corrected chi connectivity index (χ2v) is 6.02. The number of nitrogens with one attached hydrogen (secondary N) is 2. The summed E-state index contributed by atoms with van der Waals surface area (Å²) >= 11 is 0. The smallest absolute Gasteiger partial charge is 0.129 e. The lowest BCUT2D eigenvalue weighted by Gasteiger charge is -2.28. The molecule has 1 aliphatic heterocycles. The summed E-state index contributed by atoms with van der Waals surface area (Å²) in [5, 5.41) is 19.9. The lowest BCUT2D eigenvalue weighted by atomic mass is 10.1. The molecular formula is C19H21N7. The van der Waals surface area contributed by atoms with Gasteiger partial charge in [0.15, 0.2) is 0 Å². The maximum Gasteiger partial charge on any atom is 0.129 e. The molecule has 26 heavy (non-hydrogen) atoms. The standard InChI is InChI=1S/C19H21N7/c20-10-14-2-1-3-15(8-14)12-25-19(22)17-9-18(24-13-16(17)11-21)26-6-4-23-5-7-26/h1-3,8-9,11,13,21,23H,4-7,12H2,(H2,22,25). The van der Waals surface area contributed by atoms with Crippen LogP contribution in [0.2, 0.25) is 0 Å². The first-order valence-electron chi connectivity index (χ1n) is 8.47. The van der Waals surface area contributed by atoms with E-state index in [2.05, 4.69) is 26.3 Å². The number of benzene rings is 1. The molecule has 1 aromatic heterocycles. The Hall–Kier alpha value is -3.24. The molecule has 2 heterocycles. The molecule has 0 saturated carbocycles. The third-order valence-corrected chi connectivity index (χ3v) is 4.28. The van der Waals surface area contributed by atoms with Gasteiger partial charge in [0.1, 0.15) is 11.7 Å². The molecule has 1 fully saturated rings. The first-order chi connectivity index (χ1) is 12.7. The summed E-state index contributed by atoms with van der Waals surface area (Å²) in [7, 11) is 0. The number of nitrogens with two attached hydrogens (primary N) is 1. The van der Waals surface area contributed by atoms with Crippen molar-refractivity contribution in [3.63, 3.8) is 0 Å². The summed E-state index contributed by atoms with van der Waals surface area (Å²) in [5.74, 6) is 1.21. The normalized spacial score (nSPS) is 14.7. The average molecular weight is 347 g/mol. The highest BCUT2D eigenvalue weighted by Gasteiger charge is 2.14. The molecule has 7 heteroatoms. The van der Waals surface area contributed by atoms with Gasteiger partial charge in [0.2, 0.25) is 0 Å². The number of rotatable bonds is 5. The Kier molecular flexibility index (Phi) is 5.56. The lowest BCUT2D eigenvalue weighted by Crippen LogP contribution is -2.44. The van der Waals surface area contributed by atoms with Crippen LogP contribution in [0.5, 0.6) is 0 Å². The van der Waals surface area contributed by atoms with Crippen molar-refractivity contribution in [1.29, 1.82) is 10.7 Å². The highest BCUT2D eigenvalue weighted by atomic mass is 15.2. The van der Waals surface area contributed by atoms with Gasteiger partial charge >= 0.3 is 0 Å². The summed E-state index contributed by atoms with van der Waals surface area (Å²) in [4.78, 5) is 11.1. The largest absolute Gasteiger partial charge is 0.383 e. The van der Waals surface area contributed by atoms with Crippen LogP contribution < -0.4 is 16.0 Å². The van der Waals surface area contributed by atoms with E-state index in [1.165, 1.54) is 6.21 Å². The van der Waals surface area contributed by atoms with Crippen molar-refractivity contribution in [1.82, 2.24) is 10.3 Å². The van der Waals surface area contributed by atoms with E-state index in [0.717, 1.165) is 37.6 Å². The van der Waals surface area contributed by atoms with Gasteiger partial charge in [-0.3, -0.25) is 4.99 Å². The number of nitriles is 1. The molecule has 0 radical (unpaired) electrons. The molecule has 4 N–H and O–H groups in total. The first kappa shape index (κ1) is 17.6. The molecule has 132 valence electrons. The zero-order chi connectivity index (χ0) is 18.4. The van der Waals surface area contributed by atoms with Gasteiger partial charge in [0.25, 0.3) is 0 Å². The van der Waals surface area contributed by atoms with Crippen LogP contribution in [-0.2, 0) is 6.54 Å². The fraction of sp³-hybridized carbons (Fsp3) is 0.263. The van der Waals surface area contributed by atoms with Crippen molar-refractivity contribution in [2.75, 3.05) is 31.1 Å². The zero-order valence-corrected chi connectivity index (χ0v) is 14.4. The SMILES string of the molecule is N#Cc1cccc(CN=C(N)c2cc(N3CCNCC3)ncc2C=N)c1. The summed E-state index contributed by atoms with van der Waals surface area (Å²) in [6.07, 6.45) is 2.90. The van der Waals surface area contributed by atoms with E-state index in [4.69, 9.17) is 16.4 Å². The molecule has 2 aromatic rings. The molecule has 0 aliphatic carbocycles. The minimum Gasteiger partial charge on any atom is -0.383 e. The van der Waals surface area contributed by atoms with E-state index in [-0.39, 0.29) is 0 Å². The molecule has 1 saturated heterocycles. The predicted octanol–water partition coefficient (Wildman–Crippen LogP) is 1.27. The van der Waals surface area contributed by atoms with Crippen molar-refractivity contribution in [3.8, 4) is 6.07 Å². The summed E-state index contributed by atoms with van der Waals surface area (Å²) in [6, 6.07) is 11.3. The van der Waals surface area contributed by atoms with Crippen LogP contribution in [0.1, 0.15) is 22.3 Å². The van der Waals surface area contributed by atoms with E-state index >= 15 is 0 Å². The van der Waals surface area contributed by atoms with Crippen LogP contribution in [0.25, 0.3) is 0 Å². The second kappa shape index (κ2) is 8.23. The van der Waals surface area contributed by atoms with Crippen LogP contribution in [0.4, 0.5) is 5.82 Å². The van der Waals surface area contributed by atoms with E-state index in [1.54, 1.807) is 18.3 Å². The Balaban J connectivity index is 1.85. The van der Waals surface area contributed by atoms with Gasteiger partial charge in [0, 0.05) is 49.7 Å². The molecule has 0 atom stereocenters. The lowest BCUT2D eigenvalue weighted by molar-refractivity contribution is 0.585. The van der Waals surface area contributed by atoms with Crippen molar-refractivity contribution in [2.45, 2.75) is 6.54 Å². The van der Waals surface area contributed by atoms with E-state index in [9.17, 15) is 0 Å². The maximum absolute atomic E-state index is 8.99. The second-order valence-electron chi connectivity index (χ2n) is 6.02. The van der Waals surface area contributed by atoms with Gasteiger partial charge in [-0.15, -0.1) is 0 Å². The molecular weight excluding hydrogens is 326 g/mol. The van der Waals surface area contributed by atoms with Gasteiger partial charge in [-0.25, -0.2) is 4.98 Å². The van der Waals surface area contributed by atoms with E-state index < -0.39 is 0 Å². The van der Waals surface area contributed by atoms with Gasteiger partial charge < -0.3 is 21.4 Å². The number of hydrogen-bond donors (Lipinski definition) is 3. The average Bonchev–Trinajstić information content (AvgIpc) is 2.72. The number of aliphatic imine (C=N–C) groups is 1. The Morgan fingerprint density at radius 2 is 2.19 bits per heavy atom. The Labute approximate surface area is 152 Å². The Bertz CT molecular complexity index is 860. The van der Waals surface area contributed by atoms with Gasteiger partial charge in [-0.1, -0.05) is 12.1 Å². The number of anilines is 1. The fourth-order valence-corrected chi connectivity index (χ4v) is 2.86. The predicted molar refractivity (Wildman–Crippen MR) is 103 cm³/mol. The van der Waals surface area contributed by atoms with Crippen LogP contribution in [0, 0.1) is 16.7 Å². The summed E-state index contributed by atoms with van der Waals surface area (Å²) < 4.78 is 0. The number of amidine groups is 1. The number of pyridine rings is 1. The van der Waals surface area contributed by atoms with Crippen LogP contribution in [0.3, 0.4) is 0 Å². The maximum atomic E-state index is 8.99. The topological polar surface area (TPSA) is 114 Å². The number of aromatic nitrogens is 1. The van der Waals surface area contributed by atoms with Crippen molar-refractivity contribution in [2.24, 2.45) is 10.7 Å². The summed E-state index contributed by atoms with van der Waals surface area (Å²) in [6.45, 7) is 3.98. The molecule has 7 nitrogen and oxygen atoms in total. The zero-order valence-electron chi connectivity index (χ0n) is 14.4. The Morgan fingerprint density at radius 1 is 1.38 bits per heavy atom. The molecule has 3 rings (SSSR count). The quantitative estimate of drug-likeness (QED) is 0.556. The van der Waals surface area contributed by atoms with Gasteiger partial charge in [0.05, 0.1) is 18.2 Å². The van der Waals surface area contributed by atoms with E-state index in [1.807, 2.05) is 18.2 Å². The number of piperazine rings is 1. The van der Waals surface area contributed by atoms with Crippen molar-refractivity contribution >= 4 is 17.9 Å². The highest BCUT2D eigenvalue weighted by Crippen LogP contribution is 2.17. The van der Waals surface area contributed by atoms with Crippen LogP contribution >= 0.6 is 0 Å². The molecule has 1 aromatic carbocycles. The van der Waals surface area contributed by atoms with Crippen LogP contribution in [-0.4, -0.2) is 43.2 Å². The minimum atomic E-state index is 0.365. The van der Waals surface area contributed by atoms with Gasteiger partial charge in [-0.05, 0) is 23.8 Å². The van der Waals surface area contributed by atoms with Crippen molar-refractivity contribution in [3.05, 3.63) is 58.8 Å². The van der Waals surface area contributed by atoms with Gasteiger partial charge in [-0.2, -0.15) is 5.26 Å². The number of nitrogens with zero attached hydrogens (tertiary/aromatic N) is 4. The molecule has 0 spiro atoms. The third-order valence-electron chi connectivity index (χ3n) is 4.28. The van der Waals surface area contributed by atoms with E-state index in [0.29, 0.717) is 29.1 Å². The molecule has 0 bridgehead atoms.